The van der Waals surface area contributed by atoms with Crippen LogP contribution < -0.4 is 0 Å². The van der Waals surface area contributed by atoms with Crippen molar-refractivity contribution < 1.29 is 14.4 Å². The van der Waals surface area contributed by atoms with Gasteiger partial charge in [0.1, 0.15) is 6.04 Å². The van der Waals surface area contributed by atoms with E-state index in [-0.39, 0.29) is 0 Å². The quantitative estimate of drug-likeness (QED) is 0.822. The molecule has 1 aromatic rings. The van der Waals surface area contributed by atoms with Crippen molar-refractivity contribution >= 4 is 17.7 Å². The Morgan fingerprint density at radius 2 is 2.56 bits per heavy atom. The number of carboxylic acids is 1. The molecule has 0 spiro atoms. The molecule has 0 aliphatic carbocycles. The summed E-state index contributed by atoms with van der Waals surface area (Å²) >= 11 is 1.66. The SMILES string of the molecule is Cc1noc(CN2CCSCC2C(=O)O)n1. The van der Waals surface area contributed by atoms with Crippen LogP contribution in [0.3, 0.4) is 0 Å². The van der Waals surface area contributed by atoms with Gasteiger partial charge in [-0.25, -0.2) is 0 Å². The first-order valence-corrected chi connectivity index (χ1v) is 6.16. The van der Waals surface area contributed by atoms with E-state index in [0.717, 1.165) is 12.3 Å². The molecule has 0 amide bonds. The third-order valence-corrected chi connectivity index (χ3v) is 3.46. The normalized spacial score (nSPS) is 22.2. The predicted molar refractivity (Wildman–Crippen MR) is 58.2 cm³/mol. The lowest BCUT2D eigenvalue weighted by molar-refractivity contribution is -0.142. The molecule has 1 fully saturated rings. The largest absolute Gasteiger partial charge is 0.480 e. The van der Waals surface area contributed by atoms with Crippen LogP contribution >= 0.6 is 11.8 Å². The topological polar surface area (TPSA) is 79.5 Å². The Labute approximate surface area is 97.0 Å². The Morgan fingerprint density at radius 1 is 1.75 bits per heavy atom. The molecule has 0 saturated carbocycles. The van der Waals surface area contributed by atoms with Crippen molar-refractivity contribution in [3.05, 3.63) is 11.7 Å². The lowest BCUT2D eigenvalue weighted by Gasteiger charge is -2.31. The average Bonchev–Trinajstić information content (AvgIpc) is 2.64. The number of carbonyl (C=O) groups is 1. The summed E-state index contributed by atoms with van der Waals surface area (Å²) in [7, 11) is 0. The first-order chi connectivity index (χ1) is 7.66. The minimum atomic E-state index is -0.788. The molecule has 88 valence electrons. The highest BCUT2D eigenvalue weighted by Gasteiger charge is 2.29. The molecular weight excluding hydrogens is 230 g/mol. The van der Waals surface area contributed by atoms with Crippen LogP contribution in [-0.2, 0) is 11.3 Å². The number of rotatable bonds is 3. The Kier molecular flexibility index (Phi) is 3.45. The number of carboxylic acid groups (broad SMARTS) is 1. The smallest absolute Gasteiger partial charge is 0.321 e. The molecule has 1 aliphatic rings. The number of aliphatic carboxylic acids is 1. The van der Waals surface area contributed by atoms with Gasteiger partial charge in [-0.05, 0) is 6.92 Å². The molecule has 16 heavy (non-hydrogen) atoms. The van der Waals surface area contributed by atoms with Crippen LogP contribution in [0.5, 0.6) is 0 Å². The predicted octanol–water partition coefficient (Wildman–Crippen LogP) is 0.380. The van der Waals surface area contributed by atoms with E-state index in [1.54, 1.807) is 18.7 Å². The van der Waals surface area contributed by atoms with Crippen LogP contribution in [0.25, 0.3) is 0 Å². The second kappa shape index (κ2) is 4.84. The maximum absolute atomic E-state index is 11.0. The van der Waals surface area contributed by atoms with E-state index in [1.807, 2.05) is 4.90 Å². The van der Waals surface area contributed by atoms with Crippen molar-refractivity contribution in [3.63, 3.8) is 0 Å². The minimum absolute atomic E-state index is 0.415. The molecule has 1 saturated heterocycles. The fraction of sp³-hybridized carbons (Fsp3) is 0.667. The van der Waals surface area contributed by atoms with Crippen molar-refractivity contribution in [1.82, 2.24) is 15.0 Å². The lowest BCUT2D eigenvalue weighted by atomic mass is 10.2. The summed E-state index contributed by atoms with van der Waals surface area (Å²) in [5.41, 5.74) is 0. The number of aromatic nitrogens is 2. The molecule has 1 aliphatic heterocycles. The number of thioether (sulfide) groups is 1. The minimum Gasteiger partial charge on any atom is -0.480 e. The summed E-state index contributed by atoms with van der Waals surface area (Å²) in [4.78, 5) is 17.0. The number of nitrogens with zero attached hydrogens (tertiary/aromatic N) is 3. The summed E-state index contributed by atoms with van der Waals surface area (Å²) in [5, 5.41) is 12.8. The van der Waals surface area contributed by atoms with Gasteiger partial charge in [-0.2, -0.15) is 16.7 Å². The van der Waals surface area contributed by atoms with Crippen LogP contribution in [0.4, 0.5) is 0 Å². The Balaban J connectivity index is 2.03. The molecule has 1 atom stereocenters. The van der Waals surface area contributed by atoms with Gasteiger partial charge in [-0.3, -0.25) is 9.69 Å². The zero-order valence-corrected chi connectivity index (χ0v) is 9.74. The van der Waals surface area contributed by atoms with Crippen molar-refractivity contribution in [2.45, 2.75) is 19.5 Å². The van der Waals surface area contributed by atoms with E-state index >= 15 is 0 Å². The van der Waals surface area contributed by atoms with Gasteiger partial charge in [-0.1, -0.05) is 5.16 Å². The fourth-order valence-electron chi connectivity index (χ4n) is 1.63. The van der Waals surface area contributed by atoms with Crippen LogP contribution in [-0.4, -0.2) is 50.2 Å². The molecule has 1 unspecified atom stereocenters. The number of hydrogen-bond donors (Lipinski definition) is 1. The molecule has 6 nitrogen and oxygen atoms in total. The first kappa shape index (κ1) is 11.4. The molecule has 2 rings (SSSR count). The zero-order valence-electron chi connectivity index (χ0n) is 8.92. The Morgan fingerprint density at radius 3 is 3.19 bits per heavy atom. The van der Waals surface area contributed by atoms with E-state index in [0.29, 0.717) is 24.0 Å². The standard InChI is InChI=1S/C9H13N3O3S/c1-6-10-8(15-11-6)4-12-2-3-16-5-7(12)9(13)14/h7H,2-5H2,1H3,(H,13,14). The second-order valence-electron chi connectivity index (χ2n) is 3.63. The van der Waals surface area contributed by atoms with Gasteiger partial charge in [0.15, 0.2) is 5.82 Å². The molecule has 0 bridgehead atoms. The molecule has 1 aromatic heterocycles. The van der Waals surface area contributed by atoms with Gasteiger partial charge in [-0.15, -0.1) is 0 Å². The van der Waals surface area contributed by atoms with Crippen LogP contribution in [0, 0.1) is 6.92 Å². The van der Waals surface area contributed by atoms with Crippen molar-refractivity contribution in [2.75, 3.05) is 18.1 Å². The van der Waals surface area contributed by atoms with E-state index in [2.05, 4.69) is 10.1 Å². The highest BCUT2D eigenvalue weighted by molar-refractivity contribution is 7.99. The van der Waals surface area contributed by atoms with Crippen molar-refractivity contribution in [3.8, 4) is 0 Å². The summed E-state index contributed by atoms with van der Waals surface area (Å²) in [5.74, 6) is 1.83. The summed E-state index contributed by atoms with van der Waals surface area (Å²) < 4.78 is 4.99. The summed E-state index contributed by atoms with van der Waals surface area (Å²) in [6.45, 7) is 2.90. The highest BCUT2D eigenvalue weighted by Crippen LogP contribution is 2.18. The molecule has 7 heteroatoms. The van der Waals surface area contributed by atoms with Gasteiger partial charge < -0.3 is 9.63 Å². The van der Waals surface area contributed by atoms with E-state index in [9.17, 15) is 4.79 Å². The highest BCUT2D eigenvalue weighted by atomic mass is 32.2. The maximum atomic E-state index is 11.0. The van der Waals surface area contributed by atoms with Gasteiger partial charge in [0, 0.05) is 18.1 Å². The van der Waals surface area contributed by atoms with Gasteiger partial charge in [0.2, 0.25) is 5.89 Å². The summed E-state index contributed by atoms with van der Waals surface area (Å²) in [6.07, 6.45) is 0. The molecular formula is C9H13N3O3S. The molecule has 2 heterocycles. The van der Waals surface area contributed by atoms with E-state index in [1.165, 1.54) is 0 Å². The van der Waals surface area contributed by atoms with Gasteiger partial charge >= 0.3 is 5.97 Å². The van der Waals surface area contributed by atoms with E-state index in [4.69, 9.17) is 9.63 Å². The van der Waals surface area contributed by atoms with Crippen LogP contribution in [0.2, 0.25) is 0 Å². The maximum Gasteiger partial charge on any atom is 0.321 e. The molecule has 0 radical (unpaired) electrons. The monoisotopic (exact) mass is 243 g/mol. The first-order valence-electron chi connectivity index (χ1n) is 5.00. The second-order valence-corrected chi connectivity index (χ2v) is 4.78. The number of aryl methyl sites for hydroxylation is 1. The third-order valence-electron chi connectivity index (χ3n) is 2.43. The zero-order chi connectivity index (χ0) is 11.5. The third kappa shape index (κ3) is 2.53. The van der Waals surface area contributed by atoms with Gasteiger partial charge in [0.05, 0.1) is 6.54 Å². The average molecular weight is 243 g/mol. The van der Waals surface area contributed by atoms with Crippen molar-refractivity contribution in [1.29, 1.82) is 0 Å². The van der Waals surface area contributed by atoms with Crippen LogP contribution in [0.15, 0.2) is 4.52 Å². The Bertz CT molecular complexity index is 382. The molecule has 1 N–H and O–H groups in total. The summed E-state index contributed by atoms with van der Waals surface area (Å²) in [6, 6.07) is -0.453. The molecule has 0 aromatic carbocycles. The number of hydrogen-bond acceptors (Lipinski definition) is 6. The Hall–Kier alpha value is -1.08. The lowest BCUT2D eigenvalue weighted by Crippen LogP contribution is -2.46. The van der Waals surface area contributed by atoms with E-state index < -0.39 is 12.0 Å². The fourth-order valence-corrected chi connectivity index (χ4v) is 2.74. The van der Waals surface area contributed by atoms with Gasteiger partial charge in [0.25, 0.3) is 0 Å². The van der Waals surface area contributed by atoms with Crippen molar-refractivity contribution in [2.24, 2.45) is 0 Å². The van der Waals surface area contributed by atoms with Crippen LogP contribution in [0.1, 0.15) is 11.7 Å².